The molecular formula is C17H13F6N3O2. The van der Waals surface area contributed by atoms with E-state index in [1.165, 1.54) is 13.0 Å². The fourth-order valence-corrected chi connectivity index (χ4v) is 3.09. The van der Waals surface area contributed by atoms with Crippen molar-refractivity contribution in [2.45, 2.75) is 25.2 Å². The summed E-state index contributed by atoms with van der Waals surface area (Å²) in [4.78, 5) is 12.4. The van der Waals surface area contributed by atoms with Gasteiger partial charge in [-0.1, -0.05) is 18.2 Å². The Morgan fingerprint density at radius 1 is 1.11 bits per heavy atom. The van der Waals surface area contributed by atoms with Crippen LogP contribution < -0.4 is 5.32 Å². The third-order valence-corrected chi connectivity index (χ3v) is 4.14. The van der Waals surface area contributed by atoms with Crippen molar-refractivity contribution in [2.24, 2.45) is 0 Å². The predicted octanol–water partition coefficient (Wildman–Crippen LogP) is 4.37. The fourth-order valence-electron chi connectivity index (χ4n) is 3.09. The molecule has 0 saturated heterocycles. The van der Waals surface area contributed by atoms with Crippen molar-refractivity contribution in [1.29, 1.82) is 0 Å². The first-order valence-corrected chi connectivity index (χ1v) is 8.00. The molecule has 1 aliphatic rings. The number of anilines is 1. The molecule has 0 bridgehead atoms. The summed E-state index contributed by atoms with van der Waals surface area (Å²) in [5.74, 6) is -3.29. The summed E-state index contributed by atoms with van der Waals surface area (Å²) < 4.78 is 86.2. The number of esters is 1. The van der Waals surface area contributed by atoms with E-state index in [9.17, 15) is 31.1 Å². The van der Waals surface area contributed by atoms with E-state index in [-0.39, 0.29) is 18.0 Å². The van der Waals surface area contributed by atoms with Crippen molar-refractivity contribution in [3.05, 3.63) is 58.4 Å². The standard InChI is InChI=1S/C17H13F6N3O2/c1-2-28-15(27)12-11(8-5-3-4-6-10(8)16(18,19)20)9-7-24-26-14(9)25-13(12)17(21,22)23/h3-7,11H,2H2,1H3,(H2,24,25,26). The zero-order chi connectivity index (χ0) is 20.7. The zero-order valence-corrected chi connectivity index (χ0v) is 14.2. The Kier molecular flexibility index (Phi) is 4.86. The van der Waals surface area contributed by atoms with E-state index < -0.39 is 46.6 Å². The van der Waals surface area contributed by atoms with Crippen molar-refractivity contribution in [1.82, 2.24) is 10.2 Å². The van der Waals surface area contributed by atoms with Crippen LogP contribution in [0.2, 0.25) is 0 Å². The average Bonchev–Trinajstić information content (AvgIpc) is 3.07. The highest BCUT2D eigenvalue weighted by Gasteiger charge is 2.48. The lowest BCUT2D eigenvalue weighted by Gasteiger charge is -2.30. The summed E-state index contributed by atoms with van der Waals surface area (Å²) in [5, 5.41) is 7.91. The molecule has 28 heavy (non-hydrogen) atoms. The number of nitrogens with zero attached hydrogens (tertiary/aromatic N) is 1. The first kappa shape index (κ1) is 19.8. The molecule has 2 aromatic rings. The molecule has 0 aliphatic carbocycles. The lowest BCUT2D eigenvalue weighted by atomic mass is 9.80. The highest BCUT2D eigenvalue weighted by Crippen LogP contribution is 2.48. The Morgan fingerprint density at radius 3 is 2.39 bits per heavy atom. The number of hydrogen-bond acceptors (Lipinski definition) is 4. The molecule has 11 heteroatoms. The van der Waals surface area contributed by atoms with E-state index in [1.54, 1.807) is 0 Å². The highest BCUT2D eigenvalue weighted by atomic mass is 19.4. The molecule has 1 aliphatic heterocycles. The number of benzene rings is 1. The zero-order valence-electron chi connectivity index (χ0n) is 14.2. The summed E-state index contributed by atoms with van der Waals surface area (Å²) in [6.07, 6.45) is -8.81. The molecule has 0 fully saturated rings. The van der Waals surface area contributed by atoms with Crippen LogP contribution in [0.5, 0.6) is 0 Å². The van der Waals surface area contributed by atoms with Crippen LogP contribution in [-0.2, 0) is 15.7 Å². The number of carbonyl (C=O) groups excluding carboxylic acids is 1. The Morgan fingerprint density at radius 2 is 1.79 bits per heavy atom. The third-order valence-electron chi connectivity index (χ3n) is 4.14. The molecule has 5 nitrogen and oxygen atoms in total. The minimum atomic E-state index is -5.05. The number of H-pyrrole nitrogens is 1. The molecule has 150 valence electrons. The van der Waals surface area contributed by atoms with Crippen molar-refractivity contribution in [3.8, 4) is 0 Å². The molecular weight excluding hydrogens is 392 g/mol. The largest absolute Gasteiger partial charge is 0.463 e. The number of hydrogen-bond donors (Lipinski definition) is 2. The van der Waals surface area contributed by atoms with Crippen LogP contribution in [0.4, 0.5) is 32.2 Å². The number of halogens is 6. The summed E-state index contributed by atoms with van der Waals surface area (Å²) in [6, 6.07) is 4.14. The van der Waals surface area contributed by atoms with Gasteiger partial charge in [0.1, 0.15) is 11.5 Å². The number of aromatic amines is 1. The second kappa shape index (κ2) is 6.88. The first-order chi connectivity index (χ1) is 13.1. The SMILES string of the molecule is CCOC(=O)C1=C(C(F)(F)F)Nc2[nH]ncc2C1c1ccccc1C(F)(F)F. The number of rotatable bonds is 3. The topological polar surface area (TPSA) is 67.0 Å². The van der Waals surface area contributed by atoms with Gasteiger partial charge in [-0.15, -0.1) is 0 Å². The number of nitrogens with one attached hydrogen (secondary N) is 2. The van der Waals surface area contributed by atoms with E-state index in [0.717, 1.165) is 24.4 Å². The number of allylic oxidation sites excluding steroid dienone is 1. The van der Waals surface area contributed by atoms with E-state index in [2.05, 4.69) is 10.2 Å². The molecule has 0 radical (unpaired) electrons. The second-order valence-corrected chi connectivity index (χ2v) is 5.85. The maximum absolute atomic E-state index is 13.6. The van der Waals surface area contributed by atoms with Gasteiger partial charge in [0.25, 0.3) is 0 Å². The molecule has 0 spiro atoms. The Labute approximate surface area is 154 Å². The van der Waals surface area contributed by atoms with Gasteiger partial charge in [0.2, 0.25) is 0 Å². The van der Waals surface area contributed by atoms with Gasteiger partial charge in [0.15, 0.2) is 0 Å². The molecule has 1 atom stereocenters. The third kappa shape index (κ3) is 3.43. The van der Waals surface area contributed by atoms with Crippen LogP contribution in [0, 0.1) is 0 Å². The molecule has 2 heterocycles. The second-order valence-electron chi connectivity index (χ2n) is 5.85. The van der Waals surface area contributed by atoms with Crippen LogP contribution in [0.15, 0.2) is 41.7 Å². The fraction of sp³-hybridized carbons (Fsp3) is 0.294. The van der Waals surface area contributed by atoms with Gasteiger partial charge in [-0.2, -0.15) is 31.4 Å². The Balaban J connectivity index is 2.34. The maximum atomic E-state index is 13.6. The monoisotopic (exact) mass is 405 g/mol. The Hall–Kier alpha value is -2.98. The summed E-state index contributed by atoms with van der Waals surface area (Å²) in [6.45, 7) is 1.13. The first-order valence-electron chi connectivity index (χ1n) is 8.00. The summed E-state index contributed by atoms with van der Waals surface area (Å²) >= 11 is 0. The van der Waals surface area contributed by atoms with Crippen molar-refractivity contribution in [2.75, 3.05) is 11.9 Å². The van der Waals surface area contributed by atoms with Crippen LogP contribution in [0.3, 0.4) is 0 Å². The van der Waals surface area contributed by atoms with Crippen molar-refractivity contribution in [3.63, 3.8) is 0 Å². The smallest absolute Gasteiger partial charge is 0.431 e. The lowest BCUT2D eigenvalue weighted by Crippen LogP contribution is -2.32. The van der Waals surface area contributed by atoms with E-state index in [1.807, 2.05) is 5.32 Å². The van der Waals surface area contributed by atoms with Crippen molar-refractivity contribution >= 4 is 11.8 Å². The molecule has 0 saturated carbocycles. The number of ether oxygens (including phenoxy) is 1. The number of fused-ring (bicyclic) bond motifs is 1. The Bertz CT molecular complexity index is 929. The van der Waals surface area contributed by atoms with E-state index >= 15 is 0 Å². The average molecular weight is 405 g/mol. The van der Waals surface area contributed by atoms with Gasteiger partial charge in [0, 0.05) is 11.5 Å². The predicted molar refractivity (Wildman–Crippen MR) is 85.2 cm³/mol. The lowest BCUT2D eigenvalue weighted by molar-refractivity contribution is -0.141. The van der Waals surface area contributed by atoms with Gasteiger partial charge in [-0.25, -0.2) is 4.79 Å². The van der Waals surface area contributed by atoms with Crippen LogP contribution >= 0.6 is 0 Å². The summed E-state index contributed by atoms with van der Waals surface area (Å²) in [5.41, 5.74) is -4.15. The molecule has 3 rings (SSSR count). The van der Waals surface area contributed by atoms with E-state index in [0.29, 0.717) is 0 Å². The molecule has 0 amide bonds. The van der Waals surface area contributed by atoms with E-state index in [4.69, 9.17) is 4.74 Å². The maximum Gasteiger partial charge on any atom is 0.431 e. The molecule has 2 N–H and O–H groups in total. The molecule has 1 unspecified atom stereocenters. The van der Waals surface area contributed by atoms with Crippen molar-refractivity contribution < 1.29 is 35.9 Å². The minimum absolute atomic E-state index is 0.0345. The molecule has 1 aromatic heterocycles. The number of carbonyl (C=O) groups is 1. The van der Waals surface area contributed by atoms with Crippen LogP contribution in [0.25, 0.3) is 0 Å². The highest BCUT2D eigenvalue weighted by molar-refractivity contribution is 5.95. The minimum Gasteiger partial charge on any atom is -0.463 e. The van der Waals surface area contributed by atoms with Crippen LogP contribution in [-0.4, -0.2) is 28.9 Å². The summed E-state index contributed by atoms with van der Waals surface area (Å²) in [7, 11) is 0. The molecule has 1 aromatic carbocycles. The van der Waals surface area contributed by atoms with Gasteiger partial charge < -0.3 is 10.1 Å². The van der Waals surface area contributed by atoms with Gasteiger partial charge in [0.05, 0.1) is 23.9 Å². The number of alkyl halides is 6. The van der Waals surface area contributed by atoms with Gasteiger partial charge >= 0.3 is 18.3 Å². The quantitative estimate of drug-likeness (QED) is 0.588. The van der Waals surface area contributed by atoms with Crippen LogP contribution in [0.1, 0.15) is 29.5 Å². The van der Waals surface area contributed by atoms with Gasteiger partial charge in [-0.05, 0) is 18.6 Å². The normalized spacial score (nSPS) is 17.2. The number of aromatic nitrogens is 2. The van der Waals surface area contributed by atoms with Gasteiger partial charge in [-0.3, -0.25) is 5.10 Å².